The predicted octanol–water partition coefficient (Wildman–Crippen LogP) is 2.53. The molecule has 0 heterocycles. The Morgan fingerprint density at radius 1 is 1.12 bits per heavy atom. The summed E-state index contributed by atoms with van der Waals surface area (Å²) in [7, 11) is 0. The predicted molar refractivity (Wildman–Crippen MR) is 36.7 cm³/mol. The van der Waals surface area contributed by atoms with Crippen LogP contribution in [0.3, 0.4) is 0 Å². The van der Waals surface area contributed by atoms with E-state index in [-0.39, 0.29) is 0 Å². The first kappa shape index (κ1) is 5.61. The summed E-state index contributed by atoms with van der Waals surface area (Å²) in [6, 6.07) is 0. The second-order valence-electron chi connectivity index (χ2n) is 2.43. The Morgan fingerprint density at radius 3 is 2.12 bits per heavy atom. The Hall–Kier alpha value is -0.520. The minimum absolute atomic E-state index is 0.852. The van der Waals surface area contributed by atoms with Crippen LogP contribution >= 0.6 is 0 Å². The first-order valence-corrected chi connectivity index (χ1v) is 3.21. The molecule has 1 aliphatic rings. The van der Waals surface area contributed by atoms with E-state index in [2.05, 4.69) is 31.2 Å². The van der Waals surface area contributed by atoms with Gasteiger partial charge in [0.1, 0.15) is 0 Å². The normalized spacial score (nSPS) is 21.1. The Balaban J connectivity index is 2.45. The van der Waals surface area contributed by atoms with Gasteiger partial charge in [-0.05, 0) is 18.8 Å². The van der Waals surface area contributed by atoms with E-state index in [0.29, 0.717) is 0 Å². The average molecular weight is 108 g/mol. The van der Waals surface area contributed by atoms with E-state index < -0.39 is 0 Å². The van der Waals surface area contributed by atoms with Gasteiger partial charge < -0.3 is 0 Å². The lowest BCUT2D eigenvalue weighted by atomic mass is 10.1. The molecule has 0 aromatic rings. The van der Waals surface area contributed by atoms with Crippen LogP contribution < -0.4 is 0 Å². The van der Waals surface area contributed by atoms with Gasteiger partial charge in [0.05, 0.1) is 0 Å². The van der Waals surface area contributed by atoms with Gasteiger partial charge in [-0.3, -0.25) is 0 Å². The molecule has 0 heteroatoms. The van der Waals surface area contributed by atoms with Crippen molar-refractivity contribution in [3.63, 3.8) is 0 Å². The first-order valence-electron chi connectivity index (χ1n) is 3.21. The summed E-state index contributed by atoms with van der Waals surface area (Å²) in [5.41, 5.74) is 0. The van der Waals surface area contributed by atoms with Crippen molar-refractivity contribution in [3.05, 3.63) is 24.3 Å². The maximum absolute atomic E-state index is 2.28. The van der Waals surface area contributed by atoms with Crippen molar-refractivity contribution in [1.29, 1.82) is 0 Å². The van der Waals surface area contributed by atoms with E-state index in [1.807, 2.05) is 0 Å². The highest BCUT2D eigenvalue weighted by molar-refractivity contribution is 5.05. The van der Waals surface area contributed by atoms with Crippen molar-refractivity contribution >= 4 is 0 Å². The third kappa shape index (κ3) is 1.53. The number of hydrogen-bond acceptors (Lipinski definition) is 0. The summed E-state index contributed by atoms with van der Waals surface area (Å²) in [4.78, 5) is 0. The Kier molecular flexibility index (Phi) is 1.90. The minimum Gasteiger partial charge on any atom is -0.0843 e. The van der Waals surface area contributed by atoms with Crippen molar-refractivity contribution in [2.75, 3.05) is 0 Å². The molecule has 0 aromatic carbocycles. The van der Waals surface area contributed by atoms with Crippen LogP contribution in [0, 0.1) is 5.92 Å². The summed E-state index contributed by atoms with van der Waals surface area (Å²) in [5.74, 6) is 0.852. The lowest BCUT2D eigenvalue weighted by molar-refractivity contribution is 0.606. The van der Waals surface area contributed by atoms with Crippen molar-refractivity contribution in [2.24, 2.45) is 5.92 Å². The molecule has 0 radical (unpaired) electrons. The van der Waals surface area contributed by atoms with Crippen LogP contribution in [-0.2, 0) is 0 Å². The molecule has 0 aromatic heterocycles. The van der Waals surface area contributed by atoms with E-state index >= 15 is 0 Å². The maximum Gasteiger partial charge on any atom is -0.0319 e. The van der Waals surface area contributed by atoms with Gasteiger partial charge >= 0.3 is 0 Å². The SMILES string of the molecule is CC1CC=CC=CC1. The third-order valence-electron chi connectivity index (χ3n) is 1.46. The summed E-state index contributed by atoms with van der Waals surface area (Å²) in [6.07, 6.45) is 11.2. The van der Waals surface area contributed by atoms with E-state index in [1.165, 1.54) is 12.8 Å². The van der Waals surface area contributed by atoms with Crippen LogP contribution in [0.2, 0.25) is 0 Å². The van der Waals surface area contributed by atoms with Crippen LogP contribution in [0.25, 0.3) is 0 Å². The molecule has 8 heavy (non-hydrogen) atoms. The second-order valence-corrected chi connectivity index (χ2v) is 2.43. The van der Waals surface area contributed by atoms with E-state index in [0.717, 1.165) is 5.92 Å². The fraction of sp³-hybridized carbons (Fsp3) is 0.500. The van der Waals surface area contributed by atoms with Gasteiger partial charge in [-0.15, -0.1) is 0 Å². The highest BCUT2D eigenvalue weighted by Crippen LogP contribution is 2.11. The largest absolute Gasteiger partial charge is 0.0843 e. The lowest BCUT2D eigenvalue weighted by Crippen LogP contribution is -1.86. The molecule has 0 saturated carbocycles. The molecule has 0 N–H and O–H groups in total. The number of allylic oxidation sites excluding steroid dienone is 4. The van der Waals surface area contributed by atoms with Crippen LogP contribution in [0.15, 0.2) is 24.3 Å². The minimum atomic E-state index is 0.852. The second kappa shape index (κ2) is 2.71. The van der Waals surface area contributed by atoms with Crippen molar-refractivity contribution < 1.29 is 0 Å². The van der Waals surface area contributed by atoms with Gasteiger partial charge in [-0.1, -0.05) is 31.2 Å². The van der Waals surface area contributed by atoms with E-state index in [9.17, 15) is 0 Å². The molecule has 0 aliphatic heterocycles. The molecule has 0 unspecified atom stereocenters. The third-order valence-corrected chi connectivity index (χ3v) is 1.46. The van der Waals surface area contributed by atoms with Gasteiger partial charge in [0.2, 0.25) is 0 Å². The zero-order valence-electron chi connectivity index (χ0n) is 5.30. The van der Waals surface area contributed by atoms with Gasteiger partial charge in [-0.2, -0.15) is 0 Å². The molecule has 0 amide bonds. The quantitative estimate of drug-likeness (QED) is 0.447. The van der Waals surface area contributed by atoms with Gasteiger partial charge in [0.25, 0.3) is 0 Å². The topological polar surface area (TPSA) is 0 Å². The Labute approximate surface area is 50.9 Å². The fourth-order valence-electron chi connectivity index (χ4n) is 0.875. The molecule has 1 aliphatic carbocycles. The number of rotatable bonds is 0. The molecule has 0 bridgehead atoms. The first-order chi connectivity index (χ1) is 3.89. The van der Waals surface area contributed by atoms with Crippen LogP contribution in [-0.4, -0.2) is 0 Å². The maximum atomic E-state index is 2.28. The molecule has 0 fully saturated rings. The summed E-state index contributed by atoms with van der Waals surface area (Å²) >= 11 is 0. The van der Waals surface area contributed by atoms with Gasteiger partial charge in [0.15, 0.2) is 0 Å². The fourth-order valence-corrected chi connectivity index (χ4v) is 0.875. The van der Waals surface area contributed by atoms with Crippen LogP contribution in [0.1, 0.15) is 19.8 Å². The molecule has 44 valence electrons. The average Bonchev–Trinajstić information content (AvgIpc) is 1.94. The Bertz CT molecular complexity index is 95.2. The standard InChI is InChI=1S/C8H12/c1-8-6-4-2-3-5-7-8/h2-5,8H,6-7H2,1H3. The summed E-state index contributed by atoms with van der Waals surface area (Å²) in [6.45, 7) is 2.28. The van der Waals surface area contributed by atoms with Crippen LogP contribution in [0.5, 0.6) is 0 Å². The highest BCUT2D eigenvalue weighted by Gasteiger charge is 1.96. The smallest absolute Gasteiger partial charge is 0.0319 e. The molecular formula is C8H12. The molecule has 1 rings (SSSR count). The zero-order chi connectivity index (χ0) is 5.82. The molecule has 0 spiro atoms. The summed E-state index contributed by atoms with van der Waals surface area (Å²) in [5, 5.41) is 0. The van der Waals surface area contributed by atoms with Gasteiger partial charge in [0, 0.05) is 0 Å². The number of hydrogen-bond donors (Lipinski definition) is 0. The van der Waals surface area contributed by atoms with Crippen LogP contribution in [0.4, 0.5) is 0 Å². The zero-order valence-corrected chi connectivity index (χ0v) is 5.30. The summed E-state index contributed by atoms with van der Waals surface area (Å²) < 4.78 is 0. The highest BCUT2D eigenvalue weighted by atomic mass is 14.0. The van der Waals surface area contributed by atoms with E-state index in [1.54, 1.807) is 0 Å². The Morgan fingerprint density at radius 2 is 1.62 bits per heavy atom. The molecule has 0 nitrogen and oxygen atoms in total. The van der Waals surface area contributed by atoms with Crippen molar-refractivity contribution in [3.8, 4) is 0 Å². The molecule has 0 atom stereocenters. The van der Waals surface area contributed by atoms with Crippen molar-refractivity contribution in [2.45, 2.75) is 19.8 Å². The van der Waals surface area contributed by atoms with Gasteiger partial charge in [-0.25, -0.2) is 0 Å². The molecular weight excluding hydrogens is 96.1 g/mol. The monoisotopic (exact) mass is 108 g/mol. The molecule has 0 saturated heterocycles. The van der Waals surface area contributed by atoms with Crippen molar-refractivity contribution in [1.82, 2.24) is 0 Å². The van der Waals surface area contributed by atoms with E-state index in [4.69, 9.17) is 0 Å². The lowest BCUT2D eigenvalue weighted by Gasteiger charge is -1.99.